The van der Waals surface area contributed by atoms with Gasteiger partial charge in [0.2, 0.25) is 0 Å². The number of aromatic carboxylic acids is 1. The molecule has 1 aliphatic rings. The molecule has 1 fully saturated rings. The molecule has 2 unspecified atom stereocenters. The summed E-state index contributed by atoms with van der Waals surface area (Å²) in [4.78, 5) is 18.2. The zero-order valence-corrected chi connectivity index (χ0v) is 12.4. The van der Waals surface area contributed by atoms with Crippen LogP contribution >= 0.6 is 0 Å². The molecule has 0 spiro atoms. The van der Waals surface area contributed by atoms with E-state index in [4.69, 9.17) is 0 Å². The lowest BCUT2D eigenvalue weighted by Gasteiger charge is -2.39. The SMILES string of the molecule is CC1CCCN(c2ncc(C(=O)O)c3ccccc23)C1C. The zero-order valence-electron chi connectivity index (χ0n) is 12.4. The first-order chi connectivity index (χ1) is 10.1. The number of nitrogens with zero attached hydrogens (tertiary/aromatic N) is 2. The van der Waals surface area contributed by atoms with Gasteiger partial charge in [-0.25, -0.2) is 9.78 Å². The second-order valence-electron chi connectivity index (χ2n) is 5.90. The van der Waals surface area contributed by atoms with Crippen LogP contribution in [0.4, 0.5) is 5.82 Å². The zero-order chi connectivity index (χ0) is 15.0. The van der Waals surface area contributed by atoms with E-state index in [0.29, 0.717) is 12.0 Å². The van der Waals surface area contributed by atoms with Gasteiger partial charge < -0.3 is 10.0 Å². The minimum absolute atomic E-state index is 0.270. The Kier molecular flexibility index (Phi) is 3.53. The van der Waals surface area contributed by atoms with Crippen molar-refractivity contribution >= 4 is 22.6 Å². The fraction of sp³-hybridized carbons (Fsp3) is 0.412. The van der Waals surface area contributed by atoms with Crippen molar-refractivity contribution in [2.24, 2.45) is 5.92 Å². The molecule has 0 radical (unpaired) electrons. The van der Waals surface area contributed by atoms with E-state index in [1.807, 2.05) is 24.3 Å². The highest BCUT2D eigenvalue weighted by molar-refractivity contribution is 6.06. The standard InChI is InChI=1S/C17H20N2O2/c1-11-6-5-9-19(12(11)2)16-14-8-4-3-7-13(14)15(10-18-16)17(20)21/h3-4,7-8,10-12H,5-6,9H2,1-2H3,(H,20,21). The van der Waals surface area contributed by atoms with Gasteiger partial charge in [-0.1, -0.05) is 31.2 Å². The fourth-order valence-electron chi connectivity index (χ4n) is 3.21. The van der Waals surface area contributed by atoms with Gasteiger partial charge in [0.25, 0.3) is 0 Å². The maximum atomic E-state index is 11.4. The highest BCUT2D eigenvalue weighted by atomic mass is 16.4. The van der Waals surface area contributed by atoms with E-state index in [1.165, 1.54) is 12.6 Å². The van der Waals surface area contributed by atoms with E-state index in [0.717, 1.165) is 29.6 Å². The first kappa shape index (κ1) is 13.9. The number of carboxylic acid groups (broad SMARTS) is 1. The minimum Gasteiger partial charge on any atom is -0.478 e. The largest absolute Gasteiger partial charge is 0.478 e. The predicted octanol–water partition coefficient (Wildman–Crippen LogP) is 3.56. The van der Waals surface area contributed by atoms with Crippen LogP contribution < -0.4 is 4.90 Å². The molecule has 0 amide bonds. The first-order valence-electron chi connectivity index (χ1n) is 7.47. The molecule has 21 heavy (non-hydrogen) atoms. The van der Waals surface area contributed by atoms with Crippen LogP contribution in [-0.2, 0) is 0 Å². The number of rotatable bonds is 2. The summed E-state index contributed by atoms with van der Waals surface area (Å²) in [6.07, 6.45) is 3.89. The smallest absolute Gasteiger partial charge is 0.337 e. The molecule has 110 valence electrons. The molecular formula is C17H20N2O2. The lowest BCUT2D eigenvalue weighted by Crippen LogP contribution is -2.43. The predicted molar refractivity (Wildman–Crippen MR) is 83.9 cm³/mol. The molecule has 0 aliphatic carbocycles. The Morgan fingerprint density at radius 1 is 1.29 bits per heavy atom. The van der Waals surface area contributed by atoms with Crippen LogP contribution in [0.3, 0.4) is 0 Å². The van der Waals surface area contributed by atoms with E-state index in [9.17, 15) is 9.90 Å². The van der Waals surface area contributed by atoms with Gasteiger partial charge in [0, 0.05) is 29.6 Å². The van der Waals surface area contributed by atoms with Crippen LogP contribution in [0, 0.1) is 5.92 Å². The summed E-state index contributed by atoms with van der Waals surface area (Å²) in [6, 6.07) is 8.07. The number of carbonyl (C=O) groups is 1. The third-order valence-electron chi connectivity index (χ3n) is 4.65. The van der Waals surface area contributed by atoms with Crippen molar-refractivity contribution in [2.45, 2.75) is 32.7 Å². The molecule has 1 aromatic carbocycles. The van der Waals surface area contributed by atoms with Gasteiger partial charge >= 0.3 is 5.97 Å². The Morgan fingerprint density at radius 2 is 2.00 bits per heavy atom. The van der Waals surface area contributed by atoms with E-state index in [1.54, 1.807) is 0 Å². The monoisotopic (exact) mass is 284 g/mol. The Hall–Kier alpha value is -2.10. The number of carboxylic acids is 1. The summed E-state index contributed by atoms with van der Waals surface area (Å²) >= 11 is 0. The Balaban J connectivity index is 2.16. The van der Waals surface area contributed by atoms with Crippen molar-refractivity contribution in [3.05, 3.63) is 36.0 Å². The average molecular weight is 284 g/mol. The lowest BCUT2D eigenvalue weighted by atomic mass is 9.91. The minimum atomic E-state index is -0.926. The van der Waals surface area contributed by atoms with Crippen molar-refractivity contribution in [3.63, 3.8) is 0 Å². The van der Waals surface area contributed by atoms with Crippen molar-refractivity contribution in [3.8, 4) is 0 Å². The molecule has 0 bridgehead atoms. The number of anilines is 1. The molecule has 2 aromatic rings. The molecule has 3 rings (SSSR count). The van der Waals surface area contributed by atoms with Crippen LogP contribution in [-0.4, -0.2) is 28.6 Å². The molecule has 2 heterocycles. The molecule has 1 N–H and O–H groups in total. The summed E-state index contributed by atoms with van der Waals surface area (Å²) in [5.41, 5.74) is 0.270. The summed E-state index contributed by atoms with van der Waals surface area (Å²) in [5.74, 6) is 0.610. The summed E-state index contributed by atoms with van der Waals surface area (Å²) < 4.78 is 0. The molecule has 4 nitrogen and oxygen atoms in total. The third kappa shape index (κ3) is 2.35. The molecule has 1 aromatic heterocycles. The summed E-state index contributed by atoms with van der Waals surface area (Å²) in [6.45, 7) is 5.48. The molecule has 2 atom stereocenters. The van der Waals surface area contributed by atoms with Crippen LogP contribution in [0.15, 0.2) is 30.5 Å². The van der Waals surface area contributed by atoms with Crippen molar-refractivity contribution in [2.75, 3.05) is 11.4 Å². The van der Waals surface area contributed by atoms with Gasteiger partial charge in [-0.2, -0.15) is 0 Å². The number of aromatic nitrogens is 1. The van der Waals surface area contributed by atoms with Gasteiger partial charge in [-0.15, -0.1) is 0 Å². The van der Waals surface area contributed by atoms with Gasteiger partial charge in [0.05, 0.1) is 5.56 Å². The number of piperidine rings is 1. The fourth-order valence-corrected chi connectivity index (χ4v) is 3.21. The highest BCUT2D eigenvalue weighted by Crippen LogP contribution is 2.33. The van der Waals surface area contributed by atoms with Gasteiger partial charge in [0.1, 0.15) is 5.82 Å². The van der Waals surface area contributed by atoms with Gasteiger partial charge in [-0.05, 0) is 25.7 Å². The number of fused-ring (bicyclic) bond motifs is 1. The molecular weight excluding hydrogens is 264 g/mol. The van der Waals surface area contributed by atoms with Crippen molar-refractivity contribution in [1.29, 1.82) is 0 Å². The quantitative estimate of drug-likeness (QED) is 0.916. The maximum absolute atomic E-state index is 11.4. The normalized spacial score (nSPS) is 22.5. The number of hydrogen-bond acceptors (Lipinski definition) is 3. The van der Waals surface area contributed by atoms with Crippen LogP contribution in [0.1, 0.15) is 37.0 Å². The third-order valence-corrected chi connectivity index (χ3v) is 4.65. The Bertz CT molecular complexity index is 684. The molecule has 0 saturated carbocycles. The van der Waals surface area contributed by atoms with Gasteiger partial charge in [0.15, 0.2) is 0 Å². The Morgan fingerprint density at radius 3 is 2.71 bits per heavy atom. The van der Waals surface area contributed by atoms with Crippen molar-refractivity contribution < 1.29 is 9.90 Å². The first-order valence-corrected chi connectivity index (χ1v) is 7.47. The maximum Gasteiger partial charge on any atom is 0.337 e. The average Bonchev–Trinajstić information content (AvgIpc) is 2.49. The highest BCUT2D eigenvalue weighted by Gasteiger charge is 2.27. The summed E-state index contributed by atoms with van der Waals surface area (Å²) in [5, 5.41) is 11.0. The van der Waals surface area contributed by atoms with Crippen molar-refractivity contribution in [1.82, 2.24) is 4.98 Å². The molecule has 1 aliphatic heterocycles. The van der Waals surface area contributed by atoms with Gasteiger partial charge in [-0.3, -0.25) is 0 Å². The van der Waals surface area contributed by atoms with E-state index in [2.05, 4.69) is 23.7 Å². The van der Waals surface area contributed by atoms with E-state index < -0.39 is 5.97 Å². The number of hydrogen-bond donors (Lipinski definition) is 1. The molecule has 4 heteroatoms. The molecule has 1 saturated heterocycles. The second-order valence-corrected chi connectivity index (χ2v) is 5.90. The van der Waals surface area contributed by atoms with Crippen LogP contribution in [0.2, 0.25) is 0 Å². The number of pyridine rings is 1. The van der Waals surface area contributed by atoms with E-state index in [-0.39, 0.29) is 5.56 Å². The van der Waals surface area contributed by atoms with Crippen LogP contribution in [0.5, 0.6) is 0 Å². The Labute approximate surface area is 124 Å². The van der Waals surface area contributed by atoms with Crippen LogP contribution in [0.25, 0.3) is 10.8 Å². The summed E-state index contributed by atoms with van der Waals surface area (Å²) in [7, 11) is 0. The second kappa shape index (κ2) is 5.35. The van der Waals surface area contributed by atoms with E-state index >= 15 is 0 Å². The lowest BCUT2D eigenvalue weighted by molar-refractivity contribution is 0.0698. The topological polar surface area (TPSA) is 53.4 Å². The number of benzene rings is 1.